The lowest BCUT2D eigenvalue weighted by atomic mass is 10.0. The van der Waals surface area contributed by atoms with Crippen LogP contribution in [0.15, 0.2) is 22.7 Å². The Kier molecular flexibility index (Phi) is 4.69. The van der Waals surface area contributed by atoms with E-state index in [0.717, 1.165) is 5.56 Å². The molecule has 4 nitrogen and oxygen atoms in total. The van der Waals surface area contributed by atoms with E-state index in [-0.39, 0.29) is 0 Å². The van der Waals surface area contributed by atoms with E-state index in [1.54, 1.807) is 18.2 Å². The number of aromatic nitrogens is 1. The second-order valence-electron chi connectivity index (χ2n) is 3.94. The van der Waals surface area contributed by atoms with E-state index < -0.39 is 0 Å². The Labute approximate surface area is 121 Å². The molecule has 0 spiro atoms. The zero-order chi connectivity index (χ0) is 13.8. The molecule has 6 heteroatoms. The lowest BCUT2D eigenvalue weighted by molar-refractivity contribution is 0.145. The Bertz CT molecular complexity index is 570. The van der Waals surface area contributed by atoms with Crippen LogP contribution in [0.5, 0.6) is 0 Å². The van der Waals surface area contributed by atoms with Gasteiger partial charge in [-0.2, -0.15) is 0 Å². The first-order valence-corrected chi connectivity index (χ1v) is 6.66. The molecule has 0 radical (unpaired) electrons. The van der Waals surface area contributed by atoms with Gasteiger partial charge in [0, 0.05) is 23.6 Å². The van der Waals surface area contributed by atoms with Crippen molar-refractivity contribution in [1.29, 1.82) is 0 Å². The van der Waals surface area contributed by atoms with Gasteiger partial charge in [-0.25, -0.2) is 0 Å². The molecule has 1 heterocycles. The summed E-state index contributed by atoms with van der Waals surface area (Å²) in [7, 11) is 0. The van der Waals surface area contributed by atoms with Gasteiger partial charge in [0.1, 0.15) is 5.76 Å². The van der Waals surface area contributed by atoms with Gasteiger partial charge in [0.15, 0.2) is 5.82 Å². The molecule has 0 fully saturated rings. The second-order valence-corrected chi connectivity index (χ2v) is 4.78. The van der Waals surface area contributed by atoms with Crippen LogP contribution in [0.25, 0.3) is 11.1 Å². The summed E-state index contributed by atoms with van der Waals surface area (Å²) < 4.78 is 10.5. The maximum absolute atomic E-state index is 6.19. The predicted octanol–water partition coefficient (Wildman–Crippen LogP) is 3.81. The van der Waals surface area contributed by atoms with E-state index in [1.807, 2.05) is 6.92 Å². The Morgan fingerprint density at radius 1 is 1.37 bits per heavy atom. The van der Waals surface area contributed by atoms with Crippen molar-refractivity contribution in [3.8, 4) is 11.1 Å². The lowest BCUT2D eigenvalue weighted by Crippen LogP contribution is -1.99. The molecule has 0 unspecified atom stereocenters. The zero-order valence-electron chi connectivity index (χ0n) is 10.5. The highest BCUT2D eigenvalue weighted by Crippen LogP contribution is 2.36. The Balaban J connectivity index is 2.35. The summed E-state index contributed by atoms with van der Waals surface area (Å²) in [6.07, 6.45) is 0.590. The summed E-state index contributed by atoms with van der Waals surface area (Å²) in [5.41, 5.74) is 7.32. The molecule has 19 heavy (non-hydrogen) atoms. The molecule has 0 aliphatic carbocycles. The molecule has 2 aromatic rings. The van der Waals surface area contributed by atoms with E-state index in [0.29, 0.717) is 46.8 Å². The minimum absolute atomic E-state index is 0.315. The van der Waals surface area contributed by atoms with Gasteiger partial charge in [0.25, 0.3) is 0 Å². The number of nitrogens with zero attached hydrogens (tertiary/aromatic N) is 1. The topological polar surface area (TPSA) is 61.3 Å². The molecule has 0 aliphatic rings. The molecule has 2 N–H and O–H groups in total. The lowest BCUT2D eigenvalue weighted by Gasteiger charge is -2.05. The summed E-state index contributed by atoms with van der Waals surface area (Å²) >= 11 is 12.1. The molecule has 0 amide bonds. The molecule has 1 aromatic heterocycles. The first kappa shape index (κ1) is 14.2. The molecule has 0 aliphatic heterocycles. The molecular weight excluding hydrogens is 287 g/mol. The van der Waals surface area contributed by atoms with Crippen LogP contribution in [0.4, 0.5) is 5.82 Å². The SMILES string of the molecule is CCOCCc1onc(N)c1-c1ccc(Cl)cc1Cl. The van der Waals surface area contributed by atoms with E-state index in [9.17, 15) is 0 Å². The Morgan fingerprint density at radius 2 is 2.16 bits per heavy atom. The van der Waals surface area contributed by atoms with Crippen molar-refractivity contribution in [2.45, 2.75) is 13.3 Å². The number of rotatable bonds is 5. The molecule has 0 saturated heterocycles. The predicted molar refractivity (Wildman–Crippen MR) is 76.6 cm³/mol. The number of benzene rings is 1. The van der Waals surface area contributed by atoms with E-state index >= 15 is 0 Å². The van der Waals surface area contributed by atoms with Crippen LogP contribution in [0, 0.1) is 0 Å². The molecular formula is C13H14Cl2N2O2. The summed E-state index contributed by atoms with van der Waals surface area (Å²) in [4.78, 5) is 0. The third kappa shape index (κ3) is 3.21. The van der Waals surface area contributed by atoms with Gasteiger partial charge in [-0.3, -0.25) is 0 Å². The van der Waals surface area contributed by atoms with Crippen molar-refractivity contribution in [2.24, 2.45) is 0 Å². The van der Waals surface area contributed by atoms with E-state index in [4.69, 9.17) is 38.2 Å². The fourth-order valence-corrected chi connectivity index (χ4v) is 2.30. The second kappa shape index (κ2) is 6.28. The van der Waals surface area contributed by atoms with Gasteiger partial charge >= 0.3 is 0 Å². The summed E-state index contributed by atoms with van der Waals surface area (Å²) in [5.74, 6) is 0.978. The van der Waals surface area contributed by atoms with Gasteiger partial charge in [0.05, 0.1) is 17.2 Å². The first-order chi connectivity index (χ1) is 9.13. The minimum Gasteiger partial charge on any atom is -0.381 e. The monoisotopic (exact) mass is 300 g/mol. The molecule has 2 rings (SSSR count). The molecule has 102 valence electrons. The molecule has 0 saturated carbocycles. The highest BCUT2D eigenvalue weighted by atomic mass is 35.5. The fraction of sp³-hybridized carbons (Fsp3) is 0.308. The minimum atomic E-state index is 0.315. The Hall–Kier alpha value is -1.23. The van der Waals surface area contributed by atoms with E-state index in [1.165, 1.54) is 0 Å². The average Bonchev–Trinajstić information content (AvgIpc) is 2.72. The van der Waals surface area contributed by atoms with Gasteiger partial charge < -0.3 is 15.0 Å². The van der Waals surface area contributed by atoms with Crippen LogP contribution in [-0.4, -0.2) is 18.4 Å². The van der Waals surface area contributed by atoms with E-state index in [2.05, 4.69) is 5.16 Å². The summed E-state index contributed by atoms with van der Waals surface area (Å²) in [6, 6.07) is 5.22. The smallest absolute Gasteiger partial charge is 0.175 e. The van der Waals surface area contributed by atoms with Gasteiger partial charge in [0.2, 0.25) is 0 Å². The first-order valence-electron chi connectivity index (χ1n) is 5.90. The largest absolute Gasteiger partial charge is 0.381 e. The third-order valence-electron chi connectivity index (χ3n) is 2.67. The Morgan fingerprint density at radius 3 is 2.84 bits per heavy atom. The molecule has 1 aromatic carbocycles. The van der Waals surface area contributed by atoms with Crippen LogP contribution >= 0.6 is 23.2 Å². The van der Waals surface area contributed by atoms with Gasteiger partial charge in [-0.05, 0) is 19.1 Å². The third-order valence-corrected chi connectivity index (χ3v) is 3.22. The maximum Gasteiger partial charge on any atom is 0.175 e. The highest BCUT2D eigenvalue weighted by Gasteiger charge is 2.18. The number of hydrogen-bond acceptors (Lipinski definition) is 4. The van der Waals surface area contributed by atoms with Crippen LogP contribution in [0.3, 0.4) is 0 Å². The number of halogens is 2. The van der Waals surface area contributed by atoms with Crippen molar-refractivity contribution < 1.29 is 9.26 Å². The van der Waals surface area contributed by atoms with Crippen LogP contribution in [0.2, 0.25) is 10.0 Å². The van der Waals surface area contributed by atoms with Crippen molar-refractivity contribution in [2.75, 3.05) is 18.9 Å². The number of nitrogen functional groups attached to an aromatic ring is 1. The number of hydrogen-bond donors (Lipinski definition) is 1. The molecule has 0 bridgehead atoms. The normalized spacial score (nSPS) is 10.9. The highest BCUT2D eigenvalue weighted by molar-refractivity contribution is 6.36. The fourth-order valence-electron chi connectivity index (χ4n) is 1.80. The number of anilines is 1. The van der Waals surface area contributed by atoms with Crippen molar-refractivity contribution in [1.82, 2.24) is 5.16 Å². The average molecular weight is 301 g/mol. The zero-order valence-corrected chi connectivity index (χ0v) is 12.0. The van der Waals surface area contributed by atoms with Crippen molar-refractivity contribution in [3.63, 3.8) is 0 Å². The number of ether oxygens (including phenoxy) is 1. The molecule has 0 atom stereocenters. The van der Waals surface area contributed by atoms with Crippen molar-refractivity contribution in [3.05, 3.63) is 34.0 Å². The van der Waals surface area contributed by atoms with Crippen LogP contribution in [0.1, 0.15) is 12.7 Å². The maximum atomic E-state index is 6.19. The van der Waals surface area contributed by atoms with Gasteiger partial charge in [-0.15, -0.1) is 0 Å². The van der Waals surface area contributed by atoms with Crippen molar-refractivity contribution >= 4 is 29.0 Å². The number of nitrogens with two attached hydrogens (primary N) is 1. The van der Waals surface area contributed by atoms with Crippen LogP contribution < -0.4 is 5.73 Å². The summed E-state index contributed by atoms with van der Waals surface area (Å²) in [6.45, 7) is 3.13. The standard InChI is InChI=1S/C13H14Cl2N2O2/c1-2-18-6-5-11-12(13(16)17-19-11)9-4-3-8(14)7-10(9)15/h3-4,7H,2,5-6H2,1H3,(H2,16,17). The van der Waals surface area contributed by atoms with Gasteiger partial charge in [-0.1, -0.05) is 34.4 Å². The quantitative estimate of drug-likeness (QED) is 0.853. The summed E-state index contributed by atoms with van der Waals surface area (Å²) in [5, 5.41) is 4.87. The van der Waals surface area contributed by atoms with Crippen LogP contribution in [-0.2, 0) is 11.2 Å².